The van der Waals surface area contributed by atoms with Crippen LogP contribution in [0.3, 0.4) is 0 Å². The number of ether oxygens (including phenoxy) is 1. The summed E-state index contributed by atoms with van der Waals surface area (Å²) in [6.07, 6.45) is 9.04. The van der Waals surface area contributed by atoms with Crippen molar-refractivity contribution in [2.45, 2.75) is 18.9 Å². The van der Waals surface area contributed by atoms with E-state index in [1.54, 1.807) is 12.2 Å². The molecule has 2 aromatic carbocycles. The monoisotopic (exact) mass is 430 g/mol. The van der Waals surface area contributed by atoms with Gasteiger partial charge in [-0.3, -0.25) is 9.69 Å². The highest BCUT2D eigenvalue weighted by Gasteiger charge is 2.09. The van der Waals surface area contributed by atoms with Crippen LogP contribution in [-0.2, 0) is 16.0 Å². The van der Waals surface area contributed by atoms with E-state index >= 15 is 0 Å². The number of fused-ring (bicyclic) bond motifs is 1. The van der Waals surface area contributed by atoms with Gasteiger partial charge in [0.05, 0.1) is 19.3 Å². The predicted octanol–water partition coefficient (Wildman–Crippen LogP) is 4.09. The topological polar surface area (TPSA) is 65.6 Å². The summed E-state index contributed by atoms with van der Waals surface area (Å²) < 4.78 is 5.39. The number of allylic oxidation sites excluding steroid dienone is 1. The lowest BCUT2D eigenvalue weighted by Gasteiger charge is -2.26. The number of nitrogens with one attached hydrogen (secondary N) is 1. The Morgan fingerprint density at radius 3 is 2.66 bits per heavy atom. The molecule has 1 unspecified atom stereocenters. The number of hydrogen-bond donors (Lipinski definition) is 2. The maximum absolute atomic E-state index is 12.2. The van der Waals surface area contributed by atoms with Crippen molar-refractivity contribution < 1.29 is 14.6 Å². The van der Waals surface area contributed by atoms with Crippen molar-refractivity contribution in [1.82, 2.24) is 9.88 Å². The molecular weight excluding hydrogens is 400 g/mol. The molecule has 5 nitrogen and oxygen atoms in total. The van der Waals surface area contributed by atoms with Crippen molar-refractivity contribution in [3.05, 3.63) is 83.6 Å². The second kappa shape index (κ2) is 11.0. The standard InChI is InChI=1S/C27H30N2O3/c30-25(20-26(31)10-7-23-5-8-24-11-13-28-27(24)19-23)9-6-21-1-3-22(4-2-21)12-14-29-15-17-32-18-16-29/h1-11,13,19,25,28,30H,12,14-18,20H2/b9-6+,10-7+. The number of aliphatic hydroxyl groups is 1. The van der Waals surface area contributed by atoms with Crippen LogP contribution >= 0.6 is 0 Å². The third-order valence-electron chi connectivity index (χ3n) is 5.76. The van der Waals surface area contributed by atoms with Gasteiger partial charge in [-0.05, 0) is 46.7 Å². The van der Waals surface area contributed by atoms with E-state index in [1.807, 2.05) is 36.5 Å². The number of morpholine rings is 1. The van der Waals surface area contributed by atoms with E-state index in [1.165, 1.54) is 11.6 Å². The number of aromatic nitrogens is 1. The number of ketones is 1. The SMILES string of the molecule is O=C(/C=C/c1ccc2cc[nH]c2c1)CC(O)/C=C/c1ccc(CCN2CCOCC2)cc1. The van der Waals surface area contributed by atoms with Crippen molar-refractivity contribution in [2.75, 3.05) is 32.8 Å². The van der Waals surface area contributed by atoms with Gasteiger partial charge in [-0.15, -0.1) is 0 Å². The van der Waals surface area contributed by atoms with Crippen LogP contribution in [0.1, 0.15) is 23.1 Å². The number of H-pyrrole nitrogens is 1. The van der Waals surface area contributed by atoms with E-state index in [4.69, 9.17) is 4.74 Å². The second-order valence-electron chi connectivity index (χ2n) is 8.20. The van der Waals surface area contributed by atoms with Crippen molar-refractivity contribution >= 4 is 28.8 Å². The molecule has 1 aliphatic heterocycles. The molecule has 1 saturated heterocycles. The van der Waals surface area contributed by atoms with Crippen molar-refractivity contribution in [3.8, 4) is 0 Å². The quantitative estimate of drug-likeness (QED) is 0.502. The third-order valence-corrected chi connectivity index (χ3v) is 5.76. The molecule has 1 fully saturated rings. The molecule has 0 aliphatic carbocycles. The van der Waals surface area contributed by atoms with Gasteiger partial charge in [0, 0.05) is 37.8 Å². The number of nitrogens with zero attached hydrogens (tertiary/aromatic N) is 1. The molecule has 0 bridgehead atoms. The fourth-order valence-corrected chi connectivity index (χ4v) is 3.83. The summed E-state index contributed by atoms with van der Waals surface area (Å²) in [5.74, 6) is -0.104. The molecule has 1 aliphatic rings. The number of aliphatic hydroxyl groups excluding tert-OH is 1. The minimum absolute atomic E-state index is 0.0649. The first-order chi connectivity index (χ1) is 15.7. The highest BCUT2D eigenvalue weighted by Crippen LogP contribution is 2.15. The Labute approximate surface area is 189 Å². The first kappa shape index (κ1) is 22.2. The number of hydrogen-bond acceptors (Lipinski definition) is 4. The smallest absolute Gasteiger partial charge is 0.158 e. The van der Waals surface area contributed by atoms with E-state index in [9.17, 15) is 9.90 Å². The lowest BCUT2D eigenvalue weighted by Crippen LogP contribution is -2.37. The van der Waals surface area contributed by atoms with Crippen LogP contribution in [-0.4, -0.2) is 59.7 Å². The normalized spacial score (nSPS) is 16.3. The molecule has 2 N–H and O–H groups in total. The number of rotatable bonds is 9. The molecule has 1 atom stereocenters. The summed E-state index contributed by atoms with van der Waals surface area (Å²) in [6, 6.07) is 16.4. The van der Waals surface area contributed by atoms with Crippen LogP contribution in [0, 0.1) is 0 Å². The fourth-order valence-electron chi connectivity index (χ4n) is 3.83. The van der Waals surface area contributed by atoms with Gasteiger partial charge in [-0.2, -0.15) is 0 Å². The molecular formula is C27H30N2O3. The second-order valence-corrected chi connectivity index (χ2v) is 8.20. The van der Waals surface area contributed by atoms with E-state index in [2.05, 4.69) is 34.1 Å². The lowest BCUT2D eigenvalue weighted by atomic mass is 10.1. The fraction of sp³-hybridized carbons (Fsp3) is 0.296. The first-order valence-corrected chi connectivity index (χ1v) is 11.2. The molecule has 4 rings (SSSR count). The van der Waals surface area contributed by atoms with Crippen molar-refractivity contribution in [2.24, 2.45) is 0 Å². The minimum Gasteiger partial charge on any atom is -0.389 e. The van der Waals surface area contributed by atoms with Gasteiger partial charge in [0.2, 0.25) is 0 Å². The number of benzene rings is 2. The van der Waals surface area contributed by atoms with Gasteiger partial charge in [0.25, 0.3) is 0 Å². The van der Waals surface area contributed by atoms with Gasteiger partial charge in [0.15, 0.2) is 5.78 Å². The van der Waals surface area contributed by atoms with Crippen molar-refractivity contribution in [1.29, 1.82) is 0 Å². The highest BCUT2D eigenvalue weighted by molar-refractivity contribution is 5.94. The Morgan fingerprint density at radius 2 is 1.84 bits per heavy atom. The molecule has 0 saturated carbocycles. The predicted molar refractivity (Wildman–Crippen MR) is 129 cm³/mol. The van der Waals surface area contributed by atoms with Crippen LogP contribution in [0.25, 0.3) is 23.1 Å². The molecule has 166 valence electrons. The van der Waals surface area contributed by atoms with E-state index in [0.717, 1.165) is 61.3 Å². The van der Waals surface area contributed by atoms with Crippen LogP contribution < -0.4 is 0 Å². The molecule has 0 amide bonds. The Bertz CT molecular complexity index is 1080. The van der Waals surface area contributed by atoms with Crippen molar-refractivity contribution in [3.63, 3.8) is 0 Å². The Morgan fingerprint density at radius 1 is 1.06 bits per heavy atom. The Balaban J connectivity index is 1.23. The van der Waals surface area contributed by atoms with Gasteiger partial charge in [-0.25, -0.2) is 0 Å². The van der Waals surface area contributed by atoms with Gasteiger partial charge in [0.1, 0.15) is 0 Å². The van der Waals surface area contributed by atoms with Gasteiger partial charge in [-0.1, -0.05) is 54.6 Å². The largest absolute Gasteiger partial charge is 0.389 e. The number of carbonyl (C=O) groups is 1. The number of carbonyl (C=O) groups excluding carboxylic acids is 1. The van der Waals surface area contributed by atoms with Crippen LogP contribution in [0.5, 0.6) is 0 Å². The van der Waals surface area contributed by atoms with Gasteiger partial charge < -0.3 is 14.8 Å². The third kappa shape index (κ3) is 6.50. The summed E-state index contributed by atoms with van der Waals surface area (Å²) in [5.41, 5.74) is 4.30. The molecule has 5 heteroatoms. The summed E-state index contributed by atoms with van der Waals surface area (Å²) in [7, 11) is 0. The summed E-state index contributed by atoms with van der Waals surface area (Å²) in [5, 5.41) is 11.4. The molecule has 32 heavy (non-hydrogen) atoms. The van der Waals surface area contributed by atoms with E-state index in [-0.39, 0.29) is 12.2 Å². The minimum atomic E-state index is -0.806. The lowest BCUT2D eigenvalue weighted by molar-refractivity contribution is -0.115. The van der Waals surface area contributed by atoms with E-state index in [0.29, 0.717) is 0 Å². The Kier molecular flexibility index (Phi) is 7.67. The zero-order valence-electron chi connectivity index (χ0n) is 18.2. The summed E-state index contributed by atoms with van der Waals surface area (Å²) >= 11 is 0. The average molecular weight is 431 g/mol. The number of aromatic amines is 1. The maximum Gasteiger partial charge on any atom is 0.158 e. The van der Waals surface area contributed by atoms with E-state index < -0.39 is 6.10 Å². The molecule has 3 aromatic rings. The maximum atomic E-state index is 12.2. The zero-order valence-corrected chi connectivity index (χ0v) is 18.2. The van der Waals surface area contributed by atoms with Gasteiger partial charge >= 0.3 is 0 Å². The van der Waals surface area contributed by atoms with Crippen LogP contribution in [0.2, 0.25) is 0 Å². The molecule has 0 spiro atoms. The summed E-state index contributed by atoms with van der Waals surface area (Å²) in [4.78, 5) is 17.8. The first-order valence-electron chi connectivity index (χ1n) is 11.2. The summed E-state index contributed by atoms with van der Waals surface area (Å²) in [6.45, 7) is 4.72. The Hall–Kier alpha value is -2.99. The molecule has 2 heterocycles. The van der Waals surface area contributed by atoms with Crippen LogP contribution in [0.15, 0.2) is 66.9 Å². The highest BCUT2D eigenvalue weighted by atomic mass is 16.5. The molecule has 1 aromatic heterocycles. The zero-order chi connectivity index (χ0) is 22.2. The van der Waals surface area contributed by atoms with Crippen LogP contribution in [0.4, 0.5) is 0 Å². The average Bonchev–Trinajstić information content (AvgIpc) is 3.29. The molecule has 0 radical (unpaired) electrons.